The molecule has 0 saturated carbocycles. The zero-order chi connectivity index (χ0) is 35.2. The number of nitrogen functional groups attached to an aromatic ring is 1. The first-order chi connectivity index (χ1) is 20.0. The molecule has 2 unspecified atom stereocenters. The molecule has 8 nitrogen and oxygen atoms in total. The van der Waals surface area contributed by atoms with Crippen molar-refractivity contribution < 1.29 is 38.5 Å². The molecule has 9 heteroatoms. The van der Waals surface area contributed by atoms with E-state index in [-0.39, 0.29) is 11.3 Å². The molecule has 5 N–H and O–H groups in total. The Bertz CT molecular complexity index is 1450. The number of amides is 1. The van der Waals surface area contributed by atoms with Crippen molar-refractivity contribution in [2.24, 2.45) is 11.3 Å². The van der Waals surface area contributed by atoms with Crippen LogP contribution in [-0.2, 0) is 16.4 Å². The number of aliphatic hydroxyl groups is 1. The molecule has 0 bridgehead atoms. The smallest absolute Gasteiger partial charge is 0.405 e. The predicted octanol–water partition coefficient (Wildman–Crippen LogP) is 3.57. The van der Waals surface area contributed by atoms with Crippen LogP contribution in [0.5, 0.6) is 0 Å². The van der Waals surface area contributed by atoms with E-state index < -0.39 is 81.4 Å². The van der Waals surface area contributed by atoms with Crippen LogP contribution < -0.4 is 11.1 Å². The second-order valence-electron chi connectivity index (χ2n) is 8.62. The second kappa shape index (κ2) is 10.8. The highest BCUT2D eigenvalue weighted by Gasteiger charge is 2.50. The average Bonchev–Trinajstić information content (AvgIpc) is 2.85. The summed E-state index contributed by atoms with van der Waals surface area (Å²) in [7, 11) is -5.63. The van der Waals surface area contributed by atoms with E-state index in [9.17, 15) is 23.4 Å². The van der Waals surface area contributed by atoms with Crippen molar-refractivity contribution in [1.29, 1.82) is 0 Å². The molecule has 0 aliphatic rings. The third-order valence-electron chi connectivity index (χ3n) is 5.25. The van der Waals surface area contributed by atoms with E-state index in [4.69, 9.17) is 20.8 Å². The Morgan fingerprint density at radius 2 is 1.76 bits per heavy atom. The Hall–Kier alpha value is -2.62. The van der Waals surface area contributed by atoms with Crippen LogP contribution >= 0.6 is 0 Å². The zero-order valence-electron chi connectivity index (χ0n) is 30.0. The summed E-state index contributed by atoms with van der Waals surface area (Å²) in [5.74, 6) is -4.31. The highest BCUT2D eigenvalue weighted by Crippen LogP contribution is 2.37. The SMILES string of the molecule is [2H]C(N(C([2H])([2H])C([2H])(C([2H])([2H])[2H])C([2H])([2H])[2H])S(=O)(=O)c1ccc(N)cc1)[C@@]([2H])(O)C(Cc1ccccc1)(NC(=O)O)C(C)(C)C. The highest BCUT2D eigenvalue weighted by atomic mass is 32.2. The summed E-state index contributed by atoms with van der Waals surface area (Å²) in [4.78, 5) is 11.3. The van der Waals surface area contributed by atoms with E-state index >= 15 is 0 Å². The Labute approximate surface area is 218 Å². The van der Waals surface area contributed by atoms with Gasteiger partial charge in [0.15, 0.2) is 0 Å². The first-order valence-corrected chi connectivity index (χ1v) is 11.6. The lowest BCUT2D eigenvalue weighted by molar-refractivity contribution is -0.0185. The van der Waals surface area contributed by atoms with Gasteiger partial charge in [0.1, 0.15) is 0 Å². The monoisotopic (exact) mass is 502 g/mol. The van der Waals surface area contributed by atoms with Crippen LogP contribution in [0, 0.1) is 11.3 Å². The summed E-state index contributed by atoms with van der Waals surface area (Å²) in [5.41, 5.74) is 1.80. The molecule has 0 heterocycles. The Kier molecular flexibility index (Phi) is 4.87. The molecule has 34 heavy (non-hydrogen) atoms. The summed E-state index contributed by atoms with van der Waals surface area (Å²) in [6, 6.07) is 11.4. The molecule has 0 fully saturated rings. The number of carbonyl (C=O) groups is 1. The third kappa shape index (κ3) is 6.49. The number of benzene rings is 2. The van der Waals surface area contributed by atoms with Gasteiger partial charge in [0.05, 0.1) is 17.9 Å². The van der Waals surface area contributed by atoms with Gasteiger partial charge in [0.2, 0.25) is 10.0 Å². The maximum absolute atomic E-state index is 14.2. The van der Waals surface area contributed by atoms with Crippen molar-refractivity contribution in [1.82, 2.24) is 9.62 Å². The van der Waals surface area contributed by atoms with Gasteiger partial charge in [-0.15, -0.1) is 0 Å². The predicted molar refractivity (Wildman–Crippen MR) is 134 cm³/mol. The van der Waals surface area contributed by atoms with Crippen LogP contribution in [0.25, 0.3) is 0 Å². The fourth-order valence-corrected chi connectivity index (χ4v) is 4.52. The van der Waals surface area contributed by atoms with Gasteiger partial charge in [0.25, 0.3) is 0 Å². The molecule has 1 amide bonds. The molecular formula is C25H37N3O5S. The molecule has 2 rings (SSSR count). The van der Waals surface area contributed by atoms with Gasteiger partial charge in [-0.05, 0) is 47.6 Å². The van der Waals surface area contributed by atoms with Gasteiger partial charge in [-0.3, -0.25) is 0 Å². The summed E-state index contributed by atoms with van der Waals surface area (Å²) in [6.45, 7) is -11.7. The van der Waals surface area contributed by atoms with E-state index in [1.165, 1.54) is 32.9 Å². The van der Waals surface area contributed by atoms with Gasteiger partial charge in [-0.25, -0.2) is 13.2 Å². The van der Waals surface area contributed by atoms with Crippen LogP contribution in [0.15, 0.2) is 59.5 Å². The third-order valence-corrected chi connectivity index (χ3v) is 6.83. The number of nitrogens with zero attached hydrogens (tertiary/aromatic N) is 1. The molecule has 0 aromatic heterocycles. The first kappa shape index (κ1) is 15.4. The molecule has 0 radical (unpaired) electrons. The van der Waals surface area contributed by atoms with Gasteiger partial charge >= 0.3 is 6.09 Å². The van der Waals surface area contributed by atoms with E-state index in [1.807, 2.05) is 5.32 Å². The lowest BCUT2D eigenvalue weighted by Gasteiger charge is -2.49. The van der Waals surface area contributed by atoms with Crippen LogP contribution in [0.4, 0.5) is 10.5 Å². The number of carboxylic acid groups (broad SMARTS) is 1. The van der Waals surface area contributed by atoms with E-state index in [0.717, 1.165) is 24.3 Å². The second-order valence-corrected chi connectivity index (χ2v) is 10.4. The number of hydrogen-bond acceptors (Lipinski definition) is 5. The molecule has 3 atom stereocenters. The van der Waals surface area contributed by atoms with Crippen molar-refractivity contribution in [2.75, 3.05) is 18.8 Å². The maximum Gasteiger partial charge on any atom is 0.405 e. The van der Waals surface area contributed by atoms with Crippen LogP contribution in [0.1, 0.15) is 55.1 Å². The quantitative estimate of drug-likeness (QED) is 0.367. The minimum atomic E-state index is -5.63. The number of nitrogens with two attached hydrogens (primary N) is 1. The van der Waals surface area contributed by atoms with Crippen molar-refractivity contribution >= 4 is 21.8 Å². The molecular weight excluding hydrogens is 454 g/mol. The Morgan fingerprint density at radius 1 is 1.18 bits per heavy atom. The van der Waals surface area contributed by atoms with Crippen LogP contribution in [0.3, 0.4) is 0 Å². The Morgan fingerprint density at radius 3 is 2.26 bits per heavy atom. The fraction of sp³-hybridized carbons (Fsp3) is 0.480. The minimum absolute atomic E-state index is 0.0306. The van der Waals surface area contributed by atoms with Gasteiger partial charge < -0.3 is 21.3 Å². The largest absolute Gasteiger partial charge is 0.465 e. The number of hydrogen-bond donors (Lipinski definition) is 4. The minimum Gasteiger partial charge on any atom is -0.465 e. The molecule has 0 saturated heterocycles. The van der Waals surface area contributed by atoms with Crippen LogP contribution in [0.2, 0.25) is 0 Å². The number of rotatable bonds is 10. The highest BCUT2D eigenvalue weighted by molar-refractivity contribution is 7.89. The van der Waals surface area contributed by atoms with Crippen LogP contribution in [-0.4, -0.2) is 53.7 Å². The normalized spacial score (nSPS) is 23.3. The lowest BCUT2D eigenvalue weighted by Crippen LogP contribution is -2.67. The first-order valence-electron chi connectivity index (χ1n) is 15.7. The molecule has 188 valence electrons. The summed E-state index contributed by atoms with van der Waals surface area (Å²) >= 11 is 0. The lowest BCUT2D eigenvalue weighted by atomic mass is 9.66. The van der Waals surface area contributed by atoms with Gasteiger partial charge in [-0.1, -0.05) is 64.8 Å². The standard InChI is InChI=1S/C25H37N3O5S/c1-18(2)16-28(34(32,33)21-13-11-20(26)12-14-21)17-22(29)25(24(3,4)5,27-23(30)31)15-19-9-7-6-8-10-19/h6-14,18,22,27,29H,15-17,26H2,1-5H3,(H,30,31)/t22-,25?/m1/s1/i1D3,2D3,16D2,17D,18D,22D/t17?,22-,25?. The van der Waals surface area contributed by atoms with Crippen molar-refractivity contribution in [3.8, 4) is 0 Å². The number of anilines is 1. The maximum atomic E-state index is 14.2. The Balaban J connectivity index is 3.12. The van der Waals surface area contributed by atoms with Gasteiger partial charge in [0, 0.05) is 32.4 Å². The number of nitrogens with one attached hydrogen (secondary N) is 1. The van der Waals surface area contributed by atoms with E-state index in [2.05, 4.69) is 0 Å². The zero-order valence-corrected chi connectivity index (χ0v) is 19.8. The molecule has 0 aliphatic heterocycles. The number of sulfonamides is 1. The topological polar surface area (TPSA) is 133 Å². The van der Waals surface area contributed by atoms with Gasteiger partial charge in [-0.2, -0.15) is 4.31 Å². The summed E-state index contributed by atoms with van der Waals surface area (Å²) in [6.07, 6.45) is -6.13. The van der Waals surface area contributed by atoms with E-state index in [0.29, 0.717) is 0 Å². The van der Waals surface area contributed by atoms with Crippen molar-refractivity contribution in [2.45, 2.75) is 57.4 Å². The fourth-order valence-electron chi connectivity index (χ4n) is 3.37. The van der Waals surface area contributed by atoms with E-state index in [1.54, 1.807) is 18.2 Å². The summed E-state index contributed by atoms with van der Waals surface area (Å²) in [5, 5.41) is 23.9. The molecule has 2 aromatic carbocycles. The van der Waals surface area contributed by atoms with Crippen molar-refractivity contribution in [3.63, 3.8) is 0 Å². The molecule has 0 aliphatic carbocycles. The van der Waals surface area contributed by atoms with Crippen molar-refractivity contribution in [3.05, 3.63) is 60.2 Å². The molecule has 0 spiro atoms. The summed E-state index contributed by atoms with van der Waals surface area (Å²) < 4.78 is 119. The average molecular weight is 503 g/mol. The molecule has 2 aromatic rings.